The number of ether oxygens (including phenoxy) is 2. The Kier molecular flexibility index (Phi) is 6.79. The summed E-state index contributed by atoms with van der Waals surface area (Å²) in [6.07, 6.45) is 1.67. The second-order valence-corrected chi connectivity index (χ2v) is 8.18. The van der Waals surface area contributed by atoms with E-state index in [9.17, 15) is 19.2 Å². The molecular weight excluding hydrogens is 396 g/mol. The molecule has 2 aliphatic heterocycles. The number of carbonyl (C=O) groups excluding carboxylic acids is 4. The highest BCUT2D eigenvalue weighted by Crippen LogP contribution is 2.54. The van der Waals surface area contributed by atoms with Gasteiger partial charge in [-0.1, -0.05) is 30.3 Å². The Morgan fingerprint density at radius 2 is 2.03 bits per heavy atom. The van der Waals surface area contributed by atoms with E-state index in [4.69, 9.17) is 4.74 Å². The molecular formula is C20H24N2O6S. The molecule has 1 aromatic carbocycles. The standard InChI is InChI=1S/C20H24N2O6S/c1-27-18(25)8-5-11-21-16(23)12-28-19(26)15-13-29-20(10-9-17(24)22(15)20)14-6-3-2-4-7-14/h2-4,6-7,15H,5,8-13H2,1H3,(H,21,23)/t15-,20+/m1/s1. The highest BCUT2D eigenvalue weighted by molar-refractivity contribution is 8.00. The average molecular weight is 420 g/mol. The molecule has 2 aliphatic rings. The number of hydrogen-bond acceptors (Lipinski definition) is 7. The van der Waals surface area contributed by atoms with Crippen molar-refractivity contribution in [2.45, 2.75) is 36.6 Å². The molecule has 8 nitrogen and oxygen atoms in total. The fourth-order valence-corrected chi connectivity index (χ4v) is 5.30. The Balaban J connectivity index is 1.53. The predicted octanol–water partition coefficient (Wildman–Crippen LogP) is 1.19. The molecule has 1 N–H and O–H groups in total. The molecule has 0 unspecified atom stereocenters. The van der Waals surface area contributed by atoms with E-state index in [0.717, 1.165) is 5.56 Å². The van der Waals surface area contributed by atoms with Gasteiger partial charge in [-0.05, 0) is 18.4 Å². The van der Waals surface area contributed by atoms with Gasteiger partial charge in [0.25, 0.3) is 5.91 Å². The summed E-state index contributed by atoms with van der Waals surface area (Å²) < 4.78 is 9.70. The first-order valence-electron chi connectivity index (χ1n) is 9.50. The van der Waals surface area contributed by atoms with Crippen LogP contribution < -0.4 is 5.32 Å². The Morgan fingerprint density at radius 3 is 2.76 bits per heavy atom. The third-order valence-electron chi connectivity index (χ3n) is 5.08. The summed E-state index contributed by atoms with van der Waals surface area (Å²) in [4.78, 5) is 49.1. The van der Waals surface area contributed by atoms with Crippen LogP contribution in [0.4, 0.5) is 0 Å². The zero-order chi connectivity index (χ0) is 20.9. The Morgan fingerprint density at radius 1 is 1.28 bits per heavy atom. The maximum Gasteiger partial charge on any atom is 0.330 e. The van der Waals surface area contributed by atoms with Gasteiger partial charge in [0.2, 0.25) is 5.91 Å². The monoisotopic (exact) mass is 420 g/mol. The second-order valence-electron chi connectivity index (χ2n) is 6.88. The van der Waals surface area contributed by atoms with Crippen LogP contribution in [0.1, 0.15) is 31.2 Å². The van der Waals surface area contributed by atoms with Crippen molar-refractivity contribution in [3.63, 3.8) is 0 Å². The number of nitrogens with one attached hydrogen (secondary N) is 1. The molecule has 2 fully saturated rings. The Labute approximate surface area is 173 Å². The number of rotatable bonds is 8. The van der Waals surface area contributed by atoms with Crippen LogP contribution in [-0.2, 0) is 33.5 Å². The fourth-order valence-electron chi connectivity index (χ4n) is 3.66. The van der Waals surface area contributed by atoms with E-state index >= 15 is 0 Å². The lowest BCUT2D eigenvalue weighted by Crippen LogP contribution is -2.47. The average Bonchev–Trinajstić information content (AvgIpc) is 3.29. The highest BCUT2D eigenvalue weighted by Gasteiger charge is 2.57. The predicted molar refractivity (Wildman–Crippen MR) is 106 cm³/mol. The largest absolute Gasteiger partial charge is 0.469 e. The molecule has 0 bridgehead atoms. The minimum absolute atomic E-state index is 0.0759. The van der Waals surface area contributed by atoms with E-state index in [1.165, 1.54) is 7.11 Å². The summed E-state index contributed by atoms with van der Waals surface area (Å²) in [6.45, 7) is -0.134. The van der Waals surface area contributed by atoms with Gasteiger partial charge in [0.05, 0.1) is 7.11 Å². The Bertz CT molecular complexity index is 786. The second kappa shape index (κ2) is 9.30. The molecule has 0 aliphatic carbocycles. The van der Waals surface area contributed by atoms with Crippen molar-refractivity contribution in [2.75, 3.05) is 26.0 Å². The number of carbonyl (C=O) groups is 4. The molecule has 156 valence electrons. The lowest BCUT2D eigenvalue weighted by Gasteiger charge is -2.33. The number of fused-ring (bicyclic) bond motifs is 1. The number of thioether (sulfide) groups is 1. The topological polar surface area (TPSA) is 102 Å². The van der Waals surface area contributed by atoms with Gasteiger partial charge in [-0.15, -0.1) is 11.8 Å². The van der Waals surface area contributed by atoms with Crippen LogP contribution in [0.15, 0.2) is 30.3 Å². The summed E-state index contributed by atoms with van der Waals surface area (Å²) in [6, 6.07) is 8.98. The van der Waals surface area contributed by atoms with Crippen molar-refractivity contribution >= 4 is 35.5 Å². The smallest absolute Gasteiger partial charge is 0.330 e. The first-order chi connectivity index (χ1) is 14.0. The zero-order valence-corrected chi connectivity index (χ0v) is 17.0. The van der Waals surface area contributed by atoms with E-state index in [-0.39, 0.29) is 24.8 Å². The number of methoxy groups -OCH3 is 1. The molecule has 3 rings (SSSR count). The molecule has 2 saturated heterocycles. The van der Waals surface area contributed by atoms with E-state index in [1.807, 2.05) is 30.3 Å². The molecule has 0 spiro atoms. The molecule has 1 aromatic rings. The number of esters is 2. The van der Waals surface area contributed by atoms with E-state index < -0.39 is 29.4 Å². The minimum Gasteiger partial charge on any atom is -0.469 e. The number of hydrogen-bond donors (Lipinski definition) is 1. The Hall–Kier alpha value is -2.55. The third kappa shape index (κ3) is 4.55. The van der Waals surface area contributed by atoms with Crippen molar-refractivity contribution in [2.24, 2.45) is 0 Å². The van der Waals surface area contributed by atoms with Gasteiger partial charge >= 0.3 is 11.9 Å². The molecule has 2 atom stereocenters. The molecule has 0 radical (unpaired) electrons. The van der Waals surface area contributed by atoms with Crippen molar-refractivity contribution in [3.8, 4) is 0 Å². The highest BCUT2D eigenvalue weighted by atomic mass is 32.2. The van der Waals surface area contributed by atoms with Gasteiger partial charge < -0.3 is 19.7 Å². The van der Waals surface area contributed by atoms with Gasteiger partial charge in [-0.3, -0.25) is 14.4 Å². The molecule has 2 amide bonds. The fraction of sp³-hybridized carbons (Fsp3) is 0.500. The summed E-state index contributed by atoms with van der Waals surface area (Å²) in [5.41, 5.74) is 0.995. The van der Waals surface area contributed by atoms with Crippen LogP contribution >= 0.6 is 11.8 Å². The molecule has 29 heavy (non-hydrogen) atoms. The first kappa shape index (κ1) is 21.2. The lowest BCUT2D eigenvalue weighted by molar-refractivity contribution is -0.156. The number of nitrogens with zero attached hydrogens (tertiary/aromatic N) is 1. The van der Waals surface area contributed by atoms with E-state index in [2.05, 4.69) is 10.1 Å². The van der Waals surface area contributed by atoms with Crippen molar-refractivity contribution < 1.29 is 28.7 Å². The molecule has 0 aromatic heterocycles. The molecule has 9 heteroatoms. The van der Waals surface area contributed by atoms with Crippen molar-refractivity contribution in [3.05, 3.63) is 35.9 Å². The minimum atomic E-state index is -0.706. The maximum absolute atomic E-state index is 12.6. The van der Waals surface area contributed by atoms with Crippen LogP contribution in [0.2, 0.25) is 0 Å². The summed E-state index contributed by atoms with van der Waals surface area (Å²) in [5.74, 6) is -1.01. The van der Waals surface area contributed by atoms with Crippen molar-refractivity contribution in [1.29, 1.82) is 0 Å². The van der Waals surface area contributed by atoms with Gasteiger partial charge in [0.1, 0.15) is 10.9 Å². The van der Waals surface area contributed by atoms with Gasteiger partial charge in [-0.25, -0.2) is 4.79 Å². The van der Waals surface area contributed by atoms with Gasteiger partial charge in [0, 0.05) is 25.1 Å². The SMILES string of the molecule is COC(=O)CCCNC(=O)COC(=O)[C@H]1CS[C@]2(c3ccccc3)CCC(=O)N12. The first-order valence-corrected chi connectivity index (χ1v) is 10.5. The number of benzene rings is 1. The van der Waals surface area contributed by atoms with E-state index in [1.54, 1.807) is 16.7 Å². The quantitative estimate of drug-likeness (QED) is 0.498. The van der Waals surface area contributed by atoms with Gasteiger partial charge in [0.15, 0.2) is 6.61 Å². The van der Waals surface area contributed by atoms with Crippen LogP contribution in [0.3, 0.4) is 0 Å². The van der Waals surface area contributed by atoms with E-state index in [0.29, 0.717) is 25.0 Å². The summed E-state index contributed by atoms with van der Waals surface area (Å²) >= 11 is 1.57. The van der Waals surface area contributed by atoms with Crippen LogP contribution in [0, 0.1) is 0 Å². The van der Waals surface area contributed by atoms with Crippen molar-refractivity contribution in [1.82, 2.24) is 10.2 Å². The molecule has 2 heterocycles. The van der Waals surface area contributed by atoms with Gasteiger partial charge in [-0.2, -0.15) is 0 Å². The third-order valence-corrected chi connectivity index (χ3v) is 6.67. The van der Waals surface area contributed by atoms with Crippen LogP contribution in [0.5, 0.6) is 0 Å². The van der Waals surface area contributed by atoms with Crippen LogP contribution in [-0.4, -0.2) is 60.7 Å². The zero-order valence-electron chi connectivity index (χ0n) is 16.2. The normalized spacial score (nSPS) is 22.9. The summed E-state index contributed by atoms with van der Waals surface area (Å²) in [7, 11) is 1.30. The molecule has 0 saturated carbocycles. The summed E-state index contributed by atoms with van der Waals surface area (Å²) in [5, 5.41) is 2.59. The lowest BCUT2D eigenvalue weighted by atomic mass is 10.0. The van der Waals surface area contributed by atoms with Crippen LogP contribution in [0.25, 0.3) is 0 Å². The number of amides is 2. The maximum atomic E-state index is 12.6.